The average Bonchev–Trinajstić information content (AvgIpc) is 2.58. The highest BCUT2D eigenvalue weighted by Gasteiger charge is 2.13. The first-order valence-corrected chi connectivity index (χ1v) is 7.97. The summed E-state index contributed by atoms with van der Waals surface area (Å²) in [4.78, 5) is 0. The van der Waals surface area contributed by atoms with Gasteiger partial charge >= 0.3 is 0 Å². The number of benzene rings is 2. The van der Waals surface area contributed by atoms with Gasteiger partial charge in [-0.2, -0.15) is 0 Å². The van der Waals surface area contributed by atoms with Gasteiger partial charge in [-0.05, 0) is 34.2 Å². The molecule has 0 spiro atoms. The van der Waals surface area contributed by atoms with Crippen molar-refractivity contribution in [2.75, 3.05) is 21.3 Å². The van der Waals surface area contributed by atoms with Gasteiger partial charge in [0.25, 0.3) is 0 Å². The standard InChI is InChI=1S/C21H26O3/c1-21(2,3)17-11-9-15(10-12-17)7-8-16-13-18(22-4)20(24-6)19(14-16)23-5/h7-14H,1-6H3/b8-7+. The third-order valence-electron chi connectivity index (χ3n) is 3.93. The van der Waals surface area contributed by atoms with Crippen LogP contribution in [0, 0.1) is 0 Å². The van der Waals surface area contributed by atoms with Gasteiger partial charge < -0.3 is 14.2 Å². The minimum atomic E-state index is 0.166. The molecule has 0 aliphatic heterocycles. The lowest BCUT2D eigenvalue weighted by Gasteiger charge is -2.18. The molecule has 2 aromatic carbocycles. The largest absolute Gasteiger partial charge is 0.493 e. The number of rotatable bonds is 5. The lowest BCUT2D eigenvalue weighted by molar-refractivity contribution is 0.324. The number of ether oxygens (including phenoxy) is 3. The van der Waals surface area contributed by atoms with Crippen molar-refractivity contribution in [3.8, 4) is 17.2 Å². The second-order valence-electron chi connectivity index (χ2n) is 6.66. The van der Waals surface area contributed by atoms with Crippen molar-refractivity contribution >= 4 is 12.2 Å². The third kappa shape index (κ3) is 4.10. The van der Waals surface area contributed by atoms with Crippen LogP contribution in [0.5, 0.6) is 17.2 Å². The first-order valence-electron chi connectivity index (χ1n) is 7.97. The van der Waals surface area contributed by atoms with E-state index in [0.717, 1.165) is 11.1 Å². The molecule has 0 fully saturated rings. The van der Waals surface area contributed by atoms with Crippen LogP contribution in [-0.4, -0.2) is 21.3 Å². The van der Waals surface area contributed by atoms with E-state index in [9.17, 15) is 0 Å². The van der Waals surface area contributed by atoms with Crippen molar-refractivity contribution < 1.29 is 14.2 Å². The molecule has 0 saturated heterocycles. The summed E-state index contributed by atoms with van der Waals surface area (Å²) < 4.78 is 16.1. The Morgan fingerprint density at radius 1 is 0.708 bits per heavy atom. The number of methoxy groups -OCH3 is 3. The molecule has 3 heteroatoms. The number of hydrogen-bond acceptors (Lipinski definition) is 3. The average molecular weight is 326 g/mol. The Hall–Kier alpha value is -2.42. The van der Waals surface area contributed by atoms with Crippen LogP contribution in [0.2, 0.25) is 0 Å². The maximum atomic E-state index is 5.39. The molecule has 0 atom stereocenters. The Balaban J connectivity index is 2.28. The molecule has 2 rings (SSSR count). The van der Waals surface area contributed by atoms with Gasteiger partial charge in [0.15, 0.2) is 11.5 Å². The fourth-order valence-electron chi connectivity index (χ4n) is 2.48. The van der Waals surface area contributed by atoms with Crippen molar-refractivity contribution in [2.45, 2.75) is 26.2 Å². The van der Waals surface area contributed by atoms with Gasteiger partial charge in [-0.3, -0.25) is 0 Å². The SMILES string of the molecule is COc1cc(/C=C/c2ccc(C(C)(C)C)cc2)cc(OC)c1OC. The second-order valence-corrected chi connectivity index (χ2v) is 6.66. The molecule has 0 N–H and O–H groups in total. The predicted molar refractivity (Wildman–Crippen MR) is 100 cm³/mol. The minimum absolute atomic E-state index is 0.166. The second kappa shape index (κ2) is 7.43. The zero-order chi connectivity index (χ0) is 17.7. The van der Waals surface area contributed by atoms with Crippen molar-refractivity contribution in [1.82, 2.24) is 0 Å². The summed E-state index contributed by atoms with van der Waals surface area (Å²) in [6.45, 7) is 6.65. The van der Waals surface area contributed by atoms with Gasteiger partial charge in [-0.1, -0.05) is 57.2 Å². The monoisotopic (exact) mass is 326 g/mol. The van der Waals surface area contributed by atoms with Crippen molar-refractivity contribution in [1.29, 1.82) is 0 Å². The summed E-state index contributed by atoms with van der Waals surface area (Å²) in [5.74, 6) is 1.91. The summed E-state index contributed by atoms with van der Waals surface area (Å²) in [5, 5.41) is 0. The van der Waals surface area contributed by atoms with Crippen LogP contribution in [0.25, 0.3) is 12.2 Å². The normalized spacial score (nSPS) is 11.6. The first kappa shape index (κ1) is 17.9. The quantitative estimate of drug-likeness (QED) is 0.709. The molecule has 0 amide bonds. The Morgan fingerprint density at radius 2 is 1.21 bits per heavy atom. The predicted octanol–water partition coefficient (Wildman–Crippen LogP) is 5.18. The van der Waals surface area contributed by atoms with E-state index in [2.05, 4.69) is 51.1 Å². The van der Waals surface area contributed by atoms with Gasteiger partial charge in [0.1, 0.15) is 0 Å². The van der Waals surface area contributed by atoms with Crippen molar-refractivity contribution in [3.05, 3.63) is 53.1 Å². The zero-order valence-corrected chi connectivity index (χ0v) is 15.3. The molecular formula is C21H26O3. The summed E-state index contributed by atoms with van der Waals surface area (Å²) in [7, 11) is 4.85. The molecule has 2 aromatic rings. The Kier molecular flexibility index (Phi) is 5.55. The van der Waals surface area contributed by atoms with Crippen LogP contribution >= 0.6 is 0 Å². The van der Waals surface area contributed by atoms with Crippen LogP contribution in [0.15, 0.2) is 36.4 Å². The molecule has 0 aliphatic rings. The van der Waals surface area contributed by atoms with E-state index < -0.39 is 0 Å². The van der Waals surface area contributed by atoms with Crippen LogP contribution < -0.4 is 14.2 Å². The lowest BCUT2D eigenvalue weighted by Crippen LogP contribution is -2.10. The fourth-order valence-corrected chi connectivity index (χ4v) is 2.48. The van der Waals surface area contributed by atoms with E-state index >= 15 is 0 Å². The van der Waals surface area contributed by atoms with E-state index in [1.54, 1.807) is 21.3 Å². The maximum Gasteiger partial charge on any atom is 0.203 e. The molecular weight excluding hydrogens is 300 g/mol. The first-order chi connectivity index (χ1) is 11.4. The summed E-state index contributed by atoms with van der Waals surface area (Å²) in [6, 6.07) is 12.5. The van der Waals surface area contributed by atoms with Crippen LogP contribution in [0.3, 0.4) is 0 Å². The molecule has 3 nitrogen and oxygen atoms in total. The molecule has 0 saturated carbocycles. The zero-order valence-electron chi connectivity index (χ0n) is 15.3. The molecule has 24 heavy (non-hydrogen) atoms. The Labute approximate surface area is 144 Å². The Morgan fingerprint density at radius 3 is 1.62 bits per heavy atom. The van der Waals surface area contributed by atoms with Crippen LogP contribution in [0.4, 0.5) is 0 Å². The molecule has 128 valence electrons. The smallest absolute Gasteiger partial charge is 0.203 e. The Bertz CT molecular complexity index is 682. The topological polar surface area (TPSA) is 27.7 Å². The highest BCUT2D eigenvalue weighted by Crippen LogP contribution is 2.38. The van der Waals surface area contributed by atoms with Gasteiger partial charge in [-0.25, -0.2) is 0 Å². The summed E-state index contributed by atoms with van der Waals surface area (Å²) in [6.07, 6.45) is 4.11. The molecule has 0 unspecified atom stereocenters. The van der Waals surface area contributed by atoms with Gasteiger partial charge in [0, 0.05) is 0 Å². The summed E-state index contributed by atoms with van der Waals surface area (Å²) >= 11 is 0. The van der Waals surface area contributed by atoms with Gasteiger partial charge in [0.2, 0.25) is 5.75 Å². The van der Waals surface area contributed by atoms with E-state index in [4.69, 9.17) is 14.2 Å². The van der Waals surface area contributed by atoms with Gasteiger partial charge in [0.05, 0.1) is 21.3 Å². The maximum absolute atomic E-state index is 5.39. The summed E-state index contributed by atoms with van der Waals surface area (Å²) in [5.41, 5.74) is 3.63. The molecule has 0 radical (unpaired) electrons. The van der Waals surface area contributed by atoms with Crippen LogP contribution in [0.1, 0.15) is 37.5 Å². The van der Waals surface area contributed by atoms with Crippen LogP contribution in [-0.2, 0) is 5.41 Å². The highest BCUT2D eigenvalue weighted by atomic mass is 16.5. The van der Waals surface area contributed by atoms with E-state index in [1.807, 2.05) is 18.2 Å². The molecule has 0 aromatic heterocycles. The highest BCUT2D eigenvalue weighted by molar-refractivity contribution is 5.72. The third-order valence-corrected chi connectivity index (χ3v) is 3.93. The molecule has 0 bridgehead atoms. The van der Waals surface area contributed by atoms with E-state index in [-0.39, 0.29) is 5.41 Å². The van der Waals surface area contributed by atoms with E-state index in [1.165, 1.54) is 5.56 Å². The number of hydrogen-bond donors (Lipinski definition) is 0. The van der Waals surface area contributed by atoms with E-state index in [0.29, 0.717) is 17.2 Å². The molecule has 0 heterocycles. The van der Waals surface area contributed by atoms with Gasteiger partial charge in [-0.15, -0.1) is 0 Å². The van der Waals surface area contributed by atoms with Crippen molar-refractivity contribution in [3.63, 3.8) is 0 Å². The minimum Gasteiger partial charge on any atom is -0.493 e. The molecule has 0 aliphatic carbocycles. The lowest BCUT2D eigenvalue weighted by atomic mass is 9.87. The fraction of sp³-hybridized carbons (Fsp3) is 0.333. The van der Waals surface area contributed by atoms with Crippen molar-refractivity contribution in [2.24, 2.45) is 0 Å².